The molecule has 0 aromatic heterocycles. The van der Waals surface area contributed by atoms with Gasteiger partial charge in [0.25, 0.3) is 0 Å². The fourth-order valence-corrected chi connectivity index (χ4v) is 1.95. The summed E-state index contributed by atoms with van der Waals surface area (Å²) < 4.78 is 0. The van der Waals surface area contributed by atoms with Crippen molar-refractivity contribution >= 4 is 11.9 Å². The van der Waals surface area contributed by atoms with Crippen LogP contribution in [0.25, 0.3) is 0 Å². The van der Waals surface area contributed by atoms with Gasteiger partial charge in [-0.1, -0.05) is 13.3 Å². The van der Waals surface area contributed by atoms with Crippen molar-refractivity contribution in [1.82, 2.24) is 15.1 Å². The number of hydrogen-bond donors (Lipinski definition) is 2. The SMILES string of the molecule is CCCC(C)NC(=O)C(C)N(CCN(C)C)CC(=O)O. The zero-order valence-electron chi connectivity index (χ0n) is 13.3. The van der Waals surface area contributed by atoms with Crippen LogP contribution in [-0.2, 0) is 9.59 Å². The number of carboxylic acids is 1. The summed E-state index contributed by atoms with van der Waals surface area (Å²) in [6.07, 6.45) is 1.93. The van der Waals surface area contributed by atoms with Gasteiger partial charge < -0.3 is 15.3 Å². The topological polar surface area (TPSA) is 72.9 Å². The summed E-state index contributed by atoms with van der Waals surface area (Å²) in [4.78, 5) is 26.7. The fourth-order valence-electron chi connectivity index (χ4n) is 1.95. The molecule has 1 amide bonds. The second kappa shape index (κ2) is 9.72. The Morgan fingerprint density at radius 2 is 1.80 bits per heavy atom. The monoisotopic (exact) mass is 287 g/mol. The number of nitrogens with zero attached hydrogens (tertiary/aromatic N) is 2. The molecular weight excluding hydrogens is 258 g/mol. The number of likely N-dealkylation sites (N-methyl/N-ethyl adjacent to an activating group) is 1. The lowest BCUT2D eigenvalue weighted by Gasteiger charge is -2.28. The molecular formula is C14H29N3O3. The van der Waals surface area contributed by atoms with Gasteiger partial charge in [-0.05, 0) is 34.4 Å². The van der Waals surface area contributed by atoms with E-state index < -0.39 is 12.0 Å². The molecule has 20 heavy (non-hydrogen) atoms. The summed E-state index contributed by atoms with van der Waals surface area (Å²) in [5, 5.41) is 11.9. The second-order valence-electron chi connectivity index (χ2n) is 5.54. The number of carbonyl (C=O) groups excluding carboxylic acids is 1. The quantitative estimate of drug-likeness (QED) is 0.616. The summed E-state index contributed by atoms with van der Waals surface area (Å²) in [6, 6.07) is -0.319. The Morgan fingerprint density at radius 3 is 2.25 bits per heavy atom. The molecule has 0 saturated carbocycles. The molecule has 0 aromatic carbocycles. The van der Waals surface area contributed by atoms with Gasteiger partial charge in [-0.15, -0.1) is 0 Å². The van der Waals surface area contributed by atoms with E-state index in [2.05, 4.69) is 12.2 Å². The van der Waals surface area contributed by atoms with Crippen LogP contribution in [0.1, 0.15) is 33.6 Å². The van der Waals surface area contributed by atoms with Crippen molar-refractivity contribution in [2.75, 3.05) is 33.7 Å². The van der Waals surface area contributed by atoms with Crippen molar-refractivity contribution in [3.63, 3.8) is 0 Å². The van der Waals surface area contributed by atoms with E-state index in [1.165, 1.54) is 0 Å². The first-order valence-electron chi connectivity index (χ1n) is 7.18. The first-order chi connectivity index (χ1) is 9.27. The highest BCUT2D eigenvalue weighted by Gasteiger charge is 2.23. The average Bonchev–Trinajstić information content (AvgIpc) is 2.33. The number of carbonyl (C=O) groups is 2. The zero-order chi connectivity index (χ0) is 15.7. The van der Waals surface area contributed by atoms with Crippen molar-refractivity contribution in [2.24, 2.45) is 0 Å². The van der Waals surface area contributed by atoms with Crippen LogP contribution in [0.4, 0.5) is 0 Å². The number of aliphatic carboxylic acids is 1. The Hall–Kier alpha value is -1.14. The molecule has 0 aliphatic rings. The molecule has 0 saturated heterocycles. The predicted octanol–water partition coefficient (Wildman–Crippen LogP) is 0.628. The molecule has 0 fully saturated rings. The van der Waals surface area contributed by atoms with Crippen molar-refractivity contribution < 1.29 is 14.7 Å². The van der Waals surface area contributed by atoms with Crippen molar-refractivity contribution in [2.45, 2.75) is 45.7 Å². The molecule has 6 nitrogen and oxygen atoms in total. The molecule has 0 radical (unpaired) electrons. The Kier molecular flexibility index (Phi) is 9.16. The Labute approximate surface area is 122 Å². The third-order valence-corrected chi connectivity index (χ3v) is 3.21. The molecule has 0 aliphatic carbocycles. The number of nitrogens with one attached hydrogen (secondary N) is 1. The Balaban J connectivity index is 4.53. The van der Waals surface area contributed by atoms with Gasteiger partial charge in [0.1, 0.15) is 0 Å². The predicted molar refractivity (Wildman–Crippen MR) is 79.7 cm³/mol. The smallest absolute Gasteiger partial charge is 0.317 e. The van der Waals surface area contributed by atoms with Crippen molar-refractivity contribution in [1.29, 1.82) is 0 Å². The number of carboxylic acid groups (broad SMARTS) is 1. The van der Waals surface area contributed by atoms with Gasteiger partial charge in [-0.2, -0.15) is 0 Å². The largest absolute Gasteiger partial charge is 0.480 e. The van der Waals surface area contributed by atoms with Crippen molar-refractivity contribution in [3.8, 4) is 0 Å². The van der Waals surface area contributed by atoms with E-state index in [1.807, 2.05) is 25.9 Å². The lowest BCUT2D eigenvalue weighted by molar-refractivity contribution is -0.140. The van der Waals surface area contributed by atoms with Gasteiger partial charge in [0.05, 0.1) is 12.6 Å². The van der Waals surface area contributed by atoms with Crippen molar-refractivity contribution in [3.05, 3.63) is 0 Å². The van der Waals surface area contributed by atoms with E-state index in [9.17, 15) is 9.59 Å². The standard InChI is InChI=1S/C14H29N3O3/c1-6-7-11(2)15-14(20)12(3)17(10-13(18)19)9-8-16(4)5/h11-12H,6-10H2,1-5H3,(H,15,20)(H,18,19). The molecule has 0 rings (SSSR count). The number of hydrogen-bond acceptors (Lipinski definition) is 4. The summed E-state index contributed by atoms with van der Waals surface area (Å²) in [5.41, 5.74) is 0. The van der Waals surface area contributed by atoms with Crippen LogP contribution >= 0.6 is 0 Å². The van der Waals surface area contributed by atoms with E-state index in [0.29, 0.717) is 6.54 Å². The van der Waals surface area contributed by atoms with E-state index in [1.54, 1.807) is 11.8 Å². The molecule has 2 atom stereocenters. The maximum Gasteiger partial charge on any atom is 0.317 e. The molecule has 2 N–H and O–H groups in total. The van der Waals surface area contributed by atoms with Gasteiger partial charge >= 0.3 is 5.97 Å². The lowest BCUT2D eigenvalue weighted by Crippen LogP contribution is -2.50. The van der Waals surface area contributed by atoms with E-state index in [0.717, 1.165) is 19.4 Å². The molecule has 0 spiro atoms. The zero-order valence-corrected chi connectivity index (χ0v) is 13.3. The number of rotatable bonds is 10. The minimum absolute atomic E-state index is 0.106. The Bertz CT molecular complexity index is 308. The van der Waals surface area contributed by atoms with Crippen LogP contribution in [0.15, 0.2) is 0 Å². The van der Waals surface area contributed by atoms with Crippen LogP contribution < -0.4 is 5.32 Å². The third-order valence-electron chi connectivity index (χ3n) is 3.21. The maximum atomic E-state index is 12.1. The van der Waals surface area contributed by atoms with Gasteiger partial charge in [-0.3, -0.25) is 14.5 Å². The fraction of sp³-hybridized carbons (Fsp3) is 0.857. The van der Waals surface area contributed by atoms with E-state index in [4.69, 9.17) is 5.11 Å². The van der Waals surface area contributed by atoms with Gasteiger partial charge in [0.15, 0.2) is 0 Å². The third kappa shape index (κ3) is 8.12. The van der Waals surface area contributed by atoms with E-state index in [-0.39, 0.29) is 18.5 Å². The maximum absolute atomic E-state index is 12.1. The van der Waals surface area contributed by atoms with Crippen LogP contribution in [-0.4, -0.2) is 72.6 Å². The molecule has 0 heterocycles. The molecule has 0 aliphatic heterocycles. The molecule has 2 unspecified atom stereocenters. The van der Waals surface area contributed by atoms with Crippen LogP contribution in [0, 0.1) is 0 Å². The Morgan fingerprint density at radius 1 is 1.20 bits per heavy atom. The molecule has 118 valence electrons. The van der Waals surface area contributed by atoms with Gasteiger partial charge in [0, 0.05) is 19.1 Å². The lowest BCUT2D eigenvalue weighted by atomic mass is 10.1. The molecule has 0 aromatic rings. The van der Waals surface area contributed by atoms with E-state index >= 15 is 0 Å². The first kappa shape index (κ1) is 18.9. The average molecular weight is 287 g/mol. The van der Waals surface area contributed by atoms with Gasteiger partial charge in [-0.25, -0.2) is 0 Å². The summed E-state index contributed by atoms with van der Waals surface area (Å²) in [7, 11) is 3.85. The minimum atomic E-state index is -0.912. The highest BCUT2D eigenvalue weighted by atomic mass is 16.4. The first-order valence-corrected chi connectivity index (χ1v) is 7.18. The second-order valence-corrected chi connectivity index (χ2v) is 5.54. The number of amides is 1. The summed E-state index contributed by atoms with van der Waals surface area (Å²) >= 11 is 0. The van der Waals surface area contributed by atoms with Crippen LogP contribution in [0.3, 0.4) is 0 Å². The minimum Gasteiger partial charge on any atom is -0.480 e. The summed E-state index contributed by atoms with van der Waals surface area (Å²) in [5.74, 6) is -1.02. The molecule has 6 heteroatoms. The molecule has 0 bridgehead atoms. The normalized spacial score (nSPS) is 14.3. The highest BCUT2D eigenvalue weighted by Crippen LogP contribution is 2.02. The van der Waals surface area contributed by atoms with Crippen LogP contribution in [0.5, 0.6) is 0 Å². The van der Waals surface area contributed by atoms with Gasteiger partial charge in [0.2, 0.25) is 5.91 Å². The highest BCUT2D eigenvalue weighted by molar-refractivity contribution is 5.82. The van der Waals surface area contributed by atoms with Crippen LogP contribution in [0.2, 0.25) is 0 Å². The summed E-state index contributed by atoms with van der Waals surface area (Å²) in [6.45, 7) is 6.94.